The summed E-state index contributed by atoms with van der Waals surface area (Å²) in [5.41, 5.74) is -1.30. The lowest BCUT2D eigenvalue weighted by atomic mass is 9.90. The average molecular weight is 551 g/mol. The van der Waals surface area contributed by atoms with Crippen LogP contribution < -0.4 is 14.8 Å². The summed E-state index contributed by atoms with van der Waals surface area (Å²) in [6, 6.07) is 5.64. The van der Waals surface area contributed by atoms with Crippen LogP contribution in [0, 0.1) is 11.6 Å². The zero-order valence-electron chi connectivity index (χ0n) is 20.5. The number of likely N-dealkylation sites (tertiary alicyclic amines) is 1. The number of anilines is 1. The van der Waals surface area contributed by atoms with Crippen molar-refractivity contribution in [3.8, 4) is 11.9 Å². The first-order valence-corrected chi connectivity index (χ1v) is 11.7. The number of hydrogen-bond donors (Lipinski definition) is 1. The van der Waals surface area contributed by atoms with Crippen molar-refractivity contribution < 1.29 is 41.0 Å². The molecule has 2 amide bonds. The summed E-state index contributed by atoms with van der Waals surface area (Å²) >= 11 is 0. The van der Waals surface area contributed by atoms with Crippen LogP contribution in [0.2, 0.25) is 0 Å². The van der Waals surface area contributed by atoms with Crippen LogP contribution in [0.4, 0.5) is 32.4 Å². The molecule has 0 bridgehead atoms. The van der Waals surface area contributed by atoms with Crippen molar-refractivity contribution in [2.75, 3.05) is 32.1 Å². The van der Waals surface area contributed by atoms with Crippen molar-refractivity contribution in [1.82, 2.24) is 19.9 Å². The number of carbonyl (C=O) groups excluding carboxylic acids is 2. The lowest BCUT2D eigenvalue weighted by Crippen LogP contribution is -2.41. The van der Waals surface area contributed by atoms with Crippen molar-refractivity contribution >= 4 is 17.5 Å². The minimum Gasteiger partial charge on any atom is -0.469 e. The highest BCUT2D eigenvalue weighted by atomic mass is 19.4. The molecule has 1 N–H and O–H groups in total. The number of ketones is 1. The summed E-state index contributed by atoms with van der Waals surface area (Å²) in [5, 5.41) is 2.24. The molecule has 1 fully saturated rings. The van der Waals surface area contributed by atoms with E-state index in [0.29, 0.717) is 18.5 Å². The number of ether oxygens (including phenoxy) is 2. The number of amides is 2. The van der Waals surface area contributed by atoms with Gasteiger partial charge in [-0.25, -0.2) is 23.5 Å². The normalized spacial score (nSPS) is 14.2. The Labute approximate surface area is 219 Å². The number of methoxy groups -OCH3 is 1. The molecule has 206 valence electrons. The van der Waals surface area contributed by atoms with Gasteiger partial charge < -0.3 is 19.7 Å². The van der Waals surface area contributed by atoms with Gasteiger partial charge in [0, 0.05) is 31.3 Å². The molecule has 3 heterocycles. The molecule has 0 atom stereocenters. The molecule has 14 heteroatoms. The highest BCUT2D eigenvalue weighted by molar-refractivity contribution is 5.98. The number of Topliss-reactive ketones (excluding diaryl/α,β-unsaturated/α-hetero) is 1. The Hall–Kier alpha value is -4.36. The summed E-state index contributed by atoms with van der Waals surface area (Å²) in [7, 11) is 1.35. The van der Waals surface area contributed by atoms with Gasteiger partial charge in [-0.3, -0.25) is 4.79 Å². The molecule has 1 aliphatic rings. The molecule has 0 saturated carbocycles. The van der Waals surface area contributed by atoms with Gasteiger partial charge in [0.1, 0.15) is 23.0 Å². The van der Waals surface area contributed by atoms with Gasteiger partial charge in [-0.2, -0.15) is 18.2 Å². The third-order valence-corrected chi connectivity index (χ3v) is 6.01. The Morgan fingerprint density at radius 1 is 1.05 bits per heavy atom. The fraction of sp³-hybridized carbons (Fsp3) is 0.320. The maximum absolute atomic E-state index is 13.9. The number of aromatic nitrogens is 3. The third kappa shape index (κ3) is 6.56. The second-order valence-corrected chi connectivity index (χ2v) is 8.51. The summed E-state index contributed by atoms with van der Waals surface area (Å²) in [5.74, 6) is -3.10. The van der Waals surface area contributed by atoms with Crippen molar-refractivity contribution in [1.29, 1.82) is 0 Å². The van der Waals surface area contributed by atoms with Gasteiger partial charge in [-0.15, -0.1) is 0 Å². The second kappa shape index (κ2) is 11.6. The van der Waals surface area contributed by atoms with Gasteiger partial charge in [0.05, 0.1) is 18.4 Å². The van der Waals surface area contributed by atoms with Crippen LogP contribution in [0.1, 0.15) is 40.5 Å². The number of rotatable bonds is 7. The molecule has 1 aromatic carbocycles. The molecule has 0 spiro atoms. The lowest BCUT2D eigenvalue weighted by molar-refractivity contribution is -0.141. The number of carbonyl (C=O) groups is 2. The molecular formula is C25H22F5N5O4. The zero-order valence-corrected chi connectivity index (χ0v) is 20.5. The SMILES string of the molecule is COc1ncc(C(=O)COc2cccc(C(F)(F)F)n2)c(C2CCN(C(=O)Nc3c(F)cccc3F)CC2)n1. The van der Waals surface area contributed by atoms with E-state index < -0.39 is 47.6 Å². The second-order valence-electron chi connectivity index (χ2n) is 8.51. The summed E-state index contributed by atoms with van der Waals surface area (Å²) < 4.78 is 76.8. The van der Waals surface area contributed by atoms with Gasteiger partial charge in [-0.05, 0) is 31.0 Å². The van der Waals surface area contributed by atoms with E-state index >= 15 is 0 Å². The first kappa shape index (κ1) is 27.7. The number of urea groups is 1. The Morgan fingerprint density at radius 2 is 1.72 bits per heavy atom. The van der Waals surface area contributed by atoms with E-state index in [9.17, 15) is 31.5 Å². The van der Waals surface area contributed by atoms with Crippen LogP contribution in [0.5, 0.6) is 11.9 Å². The molecule has 3 aromatic rings. The van der Waals surface area contributed by atoms with E-state index in [0.717, 1.165) is 24.3 Å². The number of hydrogen-bond acceptors (Lipinski definition) is 7. The Balaban J connectivity index is 1.44. The lowest BCUT2D eigenvalue weighted by Gasteiger charge is -2.32. The first-order chi connectivity index (χ1) is 18.6. The summed E-state index contributed by atoms with van der Waals surface area (Å²) in [6.45, 7) is -0.235. The predicted octanol–water partition coefficient (Wildman–Crippen LogP) is 4.85. The van der Waals surface area contributed by atoms with E-state index in [1.807, 2.05) is 0 Å². The number of halogens is 5. The number of nitrogens with zero attached hydrogens (tertiary/aromatic N) is 4. The molecule has 2 aromatic heterocycles. The van der Waals surface area contributed by atoms with Crippen molar-refractivity contribution in [3.05, 3.63) is 71.2 Å². The van der Waals surface area contributed by atoms with Gasteiger partial charge in [-0.1, -0.05) is 12.1 Å². The topological polar surface area (TPSA) is 107 Å². The molecule has 39 heavy (non-hydrogen) atoms. The Morgan fingerprint density at radius 3 is 2.36 bits per heavy atom. The Kier molecular flexibility index (Phi) is 8.21. The fourth-order valence-electron chi connectivity index (χ4n) is 4.03. The monoisotopic (exact) mass is 551 g/mol. The molecule has 4 rings (SSSR count). The molecule has 9 nitrogen and oxygen atoms in total. The maximum Gasteiger partial charge on any atom is 0.433 e. The zero-order chi connectivity index (χ0) is 28.2. The number of pyridine rings is 1. The molecule has 1 saturated heterocycles. The largest absolute Gasteiger partial charge is 0.469 e. The maximum atomic E-state index is 13.9. The van der Waals surface area contributed by atoms with Crippen LogP contribution in [-0.2, 0) is 6.18 Å². The van der Waals surface area contributed by atoms with Gasteiger partial charge in [0.15, 0.2) is 6.61 Å². The van der Waals surface area contributed by atoms with Crippen LogP contribution >= 0.6 is 0 Å². The quantitative estimate of drug-likeness (QED) is 0.331. The minimum atomic E-state index is -4.67. The molecular weight excluding hydrogens is 529 g/mol. The van der Waals surface area contributed by atoms with Gasteiger partial charge in [0.25, 0.3) is 0 Å². The number of alkyl halides is 3. The highest BCUT2D eigenvalue weighted by Gasteiger charge is 2.33. The minimum absolute atomic E-state index is 0.00258. The third-order valence-electron chi connectivity index (χ3n) is 6.01. The number of nitrogens with one attached hydrogen (secondary N) is 1. The van der Waals surface area contributed by atoms with Crippen LogP contribution in [-0.4, -0.2) is 58.5 Å². The standard InChI is InChI=1S/C25H22F5N5O4/c1-38-23-31-12-15(18(36)13-39-20-7-3-6-19(32-20)25(28,29)30)21(33-23)14-8-10-35(11-9-14)24(37)34-22-16(26)4-2-5-17(22)27/h2-7,12,14H,8-11,13H2,1H3,(H,34,37). The van der Waals surface area contributed by atoms with Gasteiger partial charge >= 0.3 is 18.2 Å². The van der Waals surface area contributed by atoms with E-state index in [1.54, 1.807) is 0 Å². The Bertz CT molecular complexity index is 1340. The average Bonchev–Trinajstić information content (AvgIpc) is 2.93. The van der Waals surface area contributed by atoms with Gasteiger partial charge in [0.2, 0.25) is 11.7 Å². The van der Waals surface area contributed by atoms with Crippen LogP contribution in [0.15, 0.2) is 42.6 Å². The predicted molar refractivity (Wildman–Crippen MR) is 127 cm³/mol. The molecule has 0 radical (unpaired) electrons. The van der Waals surface area contributed by atoms with E-state index in [1.165, 1.54) is 30.3 Å². The highest BCUT2D eigenvalue weighted by Crippen LogP contribution is 2.31. The number of piperidine rings is 1. The smallest absolute Gasteiger partial charge is 0.433 e. The van der Waals surface area contributed by atoms with Crippen LogP contribution in [0.25, 0.3) is 0 Å². The van der Waals surface area contributed by atoms with Crippen molar-refractivity contribution in [2.45, 2.75) is 24.9 Å². The van der Waals surface area contributed by atoms with Crippen molar-refractivity contribution in [2.24, 2.45) is 0 Å². The molecule has 0 aliphatic carbocycles. The molecule has 1 aliphatic heterocycles. The van der Waals surface area contributed by atoms with E-state index in [2.05, 4.69) is 20.3 Å². The summed E-state index contributed by atoms with van der Waals surface area (Å²) in [4.78, 5) is 38.6. The summed E-state index contributed by atoms with van der Waals surface area (Å²) in [6.07, 6.45) is -2.73. The first-order valence-electron chi connectivity index (χ1n) is 11.7. The van der Waals surface area contributed by atoms with Crippen molar-refractivity contribution in [3.63, 3.8) is 0 Å². The molecule has 0 unspecified atom stereocenters. The van der Waals surface area contributed by atoms with E-state index in [-0.39, 0.29) is 36.5 Å². The van der Waals surface area contributed by atoms with Crippen LogP contribution in [0.3, 0.4) is 0 Å². The number of para-hydroxylation sites is 1. The number of benzene rings is 1. The van der Waals surface area contributed by atoms with E-state index in [4.69, 9.17) is 9.47 Å². The fourth-order valence-corrected chi connectivity index (χ4v) is 4.03.